The normalized spacial score (nSPS) is 42.6. The molecule has 3 rings (SSSR count). The van der Waals surface area contributed by atoms with E-state index >= 15 is 0 Å². The van der Waals surface area contributed by atoms with Crippen molar-refractivity contribution in [3.63, 3.8) is 0 Å². The molecule has 0 aromatic rings. The van der Waals surface area contributed by atoms with E-state index in [-0.39, 0.29) is 0 Å². The molecule has 1 aliphatic carbocycles. The summed E-state index contributed by atoms with van der Waals surface area (Å²) in [6.45, 7) is 0. The highest BCUT2D eigenvalue weighted by Crippen LogP contribution is 2.33. The molecule has 0 aromatic heterocycles. The predicted molar refractivity (Wildman–Crippen MR) is 63.0 cm³/mol. The van der Waals surface area contributed by atoms with Gasteiger partial charge in [0, 0.05) is 24.2 Å². The van der Waals surface area contributed by atoms with Gasteiger partial charge in [-0.2, -0.15) is 0 Å². The van der Waals surface area contributed by atoms with Crippen LogP contribution in [0, 0.1) is 0 Å². The van der Waals surface area contributed by atoms with Crippen molar-refractivity contribution in [2.75, 3.05) is 7.05 Å². The Kier molecular flexibility index (Phi) is 2.73. The zero-order chi connectivity index (χ0) is 10.3. The van der Waals surface area contributed by atoms with Crippen LogP contribution in [-0.4, -0.2) is 36.1 Å². The number of rotatable bonds is 2. The van der Waals surface area contributed by atoms with Crippen molar-refractivity contribution in [1.82, 2.24) is 10.2 Å². The van der Waals surface area contributed by atoms with Crippen LogP contribution in [0.1, 0.15) is 51.4 Å². The second kappa shape index (κ2) is 4.06. The third-order valence-corrected chi connectivity index (χ3v) is 4.92. The van der Waals surface area contributed by atoms with Gasteiger partial charge in [0.25, 0.3) is 0 Å². The Hall–Kier alpha value is -0.0800. The average Bonchev–Trinajstić information content (AvgIpc) is 2.12. The first-order valence-electron chi connectivity index (χ1n) is 6.81. The molecule has 2 nitrogen and oxygen atoms in total. The van der Waals surface area contributed by atoms with E-state index in [1.54, 1.807) is 0 Å². The number of nitrogens with one attached hydrogen (secondary N) is 1. The molecule has 2 bridgehead atoms. The van der Waals surface area contributed by atoms with Crippen molar-refractivity contribution in [2.45, 2.75) is 75.5 Å². The highest BCUT2D eigenvalue weighted by molar-refractivity contribution is 4.95. The number of nitrogens with zero attached hydrogens (tertiary/aromatic N) is 1. The van der Waals surface area contributed by atoms with Crippen molar-refractivity contribution in [1.29, 1.82) is 0 Å². The minimum atomic E-state index is 0.835. The second-order valence-electron chi connectivity index (χ2n) is 5.87. The van der Waals surface area contributed by atoms with E-state index in [0.717, 1.165) is 24.2 Å². The average molecular weight is 208 g/mol. The smallest absolute Gasteiger partial charge is 0.0110 e. The summed E-state index contributed by atoms with van der Waals surface area (Å²) in [6.07, 6.45) is 11.5. The van der Waals surface area contributed by atoms with Gasteiger partial charge in [-0.25, -0.2) is 0 Å². The van der Waals surface area contributed by atoms with E-state index < -0.39 is 0 Å². The molecule has 0 radical (unpaired) electrons. The first kappa shape index (κ1) is 10.1. The summed E-state index contributed by atoms with van der Waals surface area (Å²) in [5.74, 6) is 0. The Balaban J connectivity index is 1.58. The Bertz CT molecular complexity index is 211. The van der Waals surface area contributed by atoms with Gasteiger partial charge in [0.1, 0.15) is 0 Å². The van der Waals surface area contributed by atoms with Crippen LogP contribution in [0.4, 0.5) is 0 Å². The van der Waals surface area contributed by atoms with Crippen molar-refractivity contribution < 1.29 is 0 Å². The van der Waals surface area contributed by atoms with Crippen LogP contribution in [0.5, 0.6) is 0 Å². The molecule has 86 valence electrons. The van der Waals surface area contributed by atoms with Gasteiger partial charge in [-0.15, -0.1) is 0 Å². The third-order valence-electron chi connectivity index (χ3n) is 4.92. The minimum absolute atomic E-state index is 0.835. The summed E-state index contributed by atoms with van der Waals surface area (Å²) in [4.78, 5) is 2.66. The molecule has 0 amide bonds. The first-order valence-corrected chi connectivity index (χ1v) is 6.81. The second-order valence-corrected chi connectivity index (χ2v) is 5.87. The number of piperidine rings is 2. The standard InChI is InChI=1S/C13H24N2/c1-15-12-6-3-7-13(15)9-11(8-12)14-10-4-2-5-10/h10-14H,2-9H2,1H3/t12-,13-/m1/s1. The molecule has 1 saturated carbocycles. The quantitative estimate of drug-likeness (QED) is 0.748. The maximum absolute atomic E-state index is 3.88. The lowest BCUT2D eigenvalue weighted by Crippen LogP contribution is -2.56. The van der Waals surface area contributed by atoms with Crippen LogP contribution in [0.15, 0.2) is 0 Å². The maximum Gasteiger partial charge on any atom is 0.0110 e. The van der Waals surface area contributed by atoms with E-state index in [1.807, 2.05) is 0 Å². The van der Waals surface area contributed by atoms with Crippen molar-refractivity contribution in [2.24, 2.45) is 0 Å². The van der Waals surface area contributed by atoms with E-state index in [2.05, 4.69) is 17.3 Å². The van der Waals surface area contributed by atoms with Gasteiger partial charge in [0.15, 0.2) is 0 Å². The topological polar surface area (TPSA) is 15.3 Å². The van der Waals surface area contributed by atoms with Crippen LogP contribution in [0.25, 0.3) is 0 Å². The summed E-state index contributed by atoms with van der Waals surface area (Å²) < 4.78 is 0. The van der Waals surface area contributed by atoms with Crippen LogP contribution in [0.2, 0.25) is 0 Å². The van der Waals surface area contributed by atoms with E-state index in [4.69, 9.17) is 0 Å². The highest BCUT2D eigenvalue weighted by Gasteiger charge is 2.36. The number of fused-ring (bicyclic) bond motifs is 2. The summed E-state index contributed by atoms with van der Waals surface area (Å²) >= 11 is 0. The molecule has 3 aliphatic rings. The fraction of sp³-hybridized carbons (Fsp3) is 1.00. The van der Waals surface area contributed by atoms with Gasteiger partial charge >= 0.3 is 0 Å². The van der Waals surface area contributed by atoms with Gasteiger partial charge in [0.2, 0.25) is 0 Å². The largest absolute Gasteiger partial charge is 0.311 e. The van der Waals surface area contributed by atoms with Gasteiger partial charge in [-0.1, -0.05) is 12.8 Å². The van der Waals surface area contributed by atoms with Crippen molar-refractivity contribution in [3.8, 4) is 0 Å². The van der Waals surface area contributed by atoms with Crippen LogP contribution < -0.4 is 5.32 Å². The lowest BCUT2D eigenvalue weighted by Gasteiger charge is -2.48. The third kappa shape index (κ3) is 1.94. The van der Waals surface area contributed by atoms with Gasteiger partial charge in [0.05, 0.1) is 0 Å². The predicted octanol–water partition coefficient (Wildman–Crippen LogP) is 2.14. The molecule has 0 unspecified atom stereocenters. The molecule has 3 fully saturated rings. The lowest BCUT2D eigenvalue weighted by molar-refractivity contribution is 0.0428. The van der Waals surface area contributed by atoms with Crippen LogP contribution in [-0.2, 0) is 0 Å². The summed E-state index contributed by atoms with van der Waals surface area (Å²) in [5.41, 5.74) is 0. The maximum atomic E-state index is 3.88. The van der Waals surface area contributed by atoms with E-state index in [1.165, 1.54) is 51.4 Å². The molecule has 15 heavy (non-hydrogen) atoms. The minimum Gasteiger partial charge on any atom is -0.311 e. The summed E-state index contributed by atoms with van der Waals surface area (Å²) in [5, 5.41) is 3.88. The van der Waals surface area contributed by atoms with E-state index in [0.29, 0.717) is 0 Å². The number of hydrogen-bond acceptors (Lipinski definition) is 2. The molecular formula is C13H24N2. The Morgan fingerprint density at radius 2 is 1.47 bits per heavy atom. The molecule has 2 saturated heterocycles. The monoisotopic (exact) mass is 208 g/mol. The van der Waals surface area contributed by atoms with Gasteiger partial charge < -0.3 is 10.2 Å². The molecule has 0 spiro atoms. The fourth-order valence-electron chi connectivity index (χ4n) is 3.66. The number of hydrogen-bond donors (Lipinski definition) is 1. The van der Waals surface area contributed by atoms with Gasteiger partial charge in [-0.05, 0) is 45.6 Å². The molecule has 2 aliphatic heterocycles. The molecule has 2 atom stereocenters. The zero-order valence-electron chi connectivity index (χ0n) is 9.91. The molecule has 0 aromatic carbocycles. The SMILES string of the molecule is CN1[C@@H]2CCC[C@@H]1CC(NC1CCC1)C2. The Morgan fingerprint density at radius 1 is 0.867 bits per heavy atom. The molecule has 2 heteroatoms. The highest BCUT2D eigenvalue weighted by atomic mass is 15.2. The van der Waals surface area contributed by atoms with Gasteiger partial charge in [-0.3, -0.25) is 0 Å². The van der Waals surface area contributed by atoms with Crippen LogP contribution in [0.3, 0.4) is 0 Å². The van der Waals surface area contributed by atoms with Crippen molar-refractivity contribution in [3.05, 3.63) is 0 Å². The summed E-state index contributed by atoms with van der Waals surface area (Å²) in [6, 6.07) is 3.48. The molecular weight excluding hydrogens is 184 g/mol. The Morgan fingerprint density at radius 3 is 2.00 bits per heavy atom. The zero-order valence-corrected chi connectivity index (χ0v) is 9.91. The Labute approximate surface area is 93.4 Å². The fourth-order valence-corrected chi connectivity index (χ4v) is 3.66. The van der Waals surface area contributed by atoms with E-state index in [9.17, 15) is 0 Å². The molecule has 1 N–H and O–H groups in total. The van der Waals surface area contributed by atoms with Crippen LogP contribution >= 0.6 is 0 Å². The first-order chi connectivity index (χ1) is 7.33. The molecule has 2 heterocycles. The van der Waals surface area contributed by atoms with Crippen molar-refractivity contribution >= 4 is 0 Å². The summed E-state index contributed by atoms with van der Waals surface area (Å²) in [7, 11) is 2.34. The lowest BCUT2D eigenvalue weighted by atomic mass is 9.81.